The zero-order valence-electron chi connectivity index (χ0n) is 23.1. The fourth-order valence-corrected chi connectivity index (χ4v) is 6.94. The van der Waals surface area contributed by atoms with E-state index in [2.05, 4.69) is 0 Å². The van der Waals surface area contributed by atoms with Gasteiger partial charge in [-0.1, -0.05) is 0 Å². The molecule has 0 aromatic heterocycles. The smallest absolute Gasteiger partial charge is 0.316 e. The summed E-state index contributed by atoms with van der Waals surface area (Å²) in [5.74, 6) is -4.92. The van der Waals surface area contributed by atoms with Crippen molar-refractivity contribution < 1.29 is 54.1 Å². The van der Waals surface area contributed by atoms with E-state index in [0.29, 0.717) is 0 Å². The minimum absolute atomic E-state index is 0.0794. The van der Waals surface area contributed by atoms with Crippen LogP contribution in [0.25, 0.3) is 0 Å². The van der Waals surface area contributed by atoms with Crippen LogP contribution in [0.5, 0.6) is 17.2 Å². The molecular weight excluding hydrogens is 538 g/mol. The Bertz CT molecular complexity index is 1550. The van der Waals surface area contributed by atoms with E-state index in [1.54, 1.807) is 19.0 Å². The van der Waals surface area contributed by atoms with E-state index in [1.165, 1.54) is 26.0 Å². The highest BCUT2D eigenvalue weighted by molar-refractivity contribution is 6.31. The average Bonchev–Trinajstić information content (AvgIpc) is 2.89. The Labute approximate surface area is 234 Å². The number of hydrogen-bond donors (Lipinski definition) is 5. The molecule has 41 heavy (non-hydrogen) atoms. The van der Waals surface area contributed by atoms with Gasteiger partial charge in [-0.15, -0.1) is 0 Å². The number of aliphatic hydroxyl groups excluding tert-OH is 2. The van der Waals surface area contributed by atoms with E-state index in [0.717, 1.165) is 7.11 Å². The highest BCUT2D eigenvalue weighted by Gasteiger charge is 2.59. The number of rotatable bonds is 2. The van der Waals surface area contributed by atoms with Gasteiger partial charge in [0.05, 0.1) is 35.4 Å². The maximum Gasteiger partial charge on any atom is 0.316 e. The number of likely N-dealkylation sites (N-methyl/N-ethyl adjacent to an activating group) is 1. The molecule has 4 aliphatic rings. The molecule has 0 radical (unpaired) electrons. The largest absolute Gasteiger partial charge is 0.507 e. The first-order valence-corrected chi connectivity index (χ1v) is 13.2. The van der Waals surface area contributed by atoms with E-state index < -0.39 is 76.3 Å². The van der Waals surface area contributed by atoms with Crippen molar-refractivity contribution >= 4 is 17.5 Å². The zero-order valence-corrected chi connectivity index (χ0v) is 23.1. The predicted octanol–water partition coefficient (Wildman–Crippen LogP) is 0.443. The third-order valence-electron chi connectivity index (χ3n) is 9.12. The molecule has 2 aromatic rings. The molecule has 0 spiro atoms. The highest BCUT2D eigenvalue weighted by atomic mass is 16.7. The van der Waals surface area contributed by atoms with Crippen molar-refractivity contribution in [3.63, 3.8) is 0 Å². The van der Waals surface area contributed by atoms with Crippen molar-refractivity contribution in [3.8, 4) is 17.2 Å². The number of ether oxygens (including phenoxy) is 3. The van der Waals surface area contributed by atoms with Gasteiger partial charge in [0.2, 0.25) is 12.1 Å². The molecule has 218 valence electrons. The second-order valence-electron chi connectivity index (χ2n) is 11.8. The Balaban J connectivity index is 1.59. The van der Waals surface area contributed by atoms with Gasteiger partial charge in [-0.05, 0) is 64.0 Å². The molecule has 5 N–H and O–H groups in total. The molecule has 2 bridgehead atoms. The van der Waals surface area contributed by atoms with Crippen LogP contribution in [-0.4, -0.2) is 99.3 Å². The lowest BCUT2D eigenvalue weighted by molar-refractivity contribution is -0.311. The number of aromatic hydroxyl groups is 2. The van der Waals surface area contributed by atoms with Crippen molar-refractivity contribution in [1.29, 1.82) is 0 Å². The number of ketones is 2. The fourth-order valence-electron chi connectivity index (χ4n) is 6.94. The van der Waals surface area contributed by atoms with Crippen LogP contribution in [0.1, 0.15) is 74.7 Å². The van der Waals surface area contributed by atoms with Gasteiger partial charge in [0.15, 0.2) is 5.78 Å². The molecular formula is C29H31NO11. The maximum absolute atomic E-state index is 14.2. The average molecular weight is 570 g/mol. The van der Waals surface area contributed by atoms with Crippen molar-refractivity contribution in [2.75, 3.05) is 21.2 Å². The van der Waals surface area contributed by atoms with Crippen LogP contribution >= 0.6 is 0 Å². The lowest BCUT2D eigenvalue weighted by atomic mass is 9.69. The van der Waals surface area contributed by atoms with Crippen molar-refractivity contribution in [2.24, 2.45) is 0 Å². The van der Waals surface area contributed by atoms with Gasteiger partial charge in [-0.3, -0.25) is 14.4 Å². The number of phenolic OH excluding ortho intramolecular Hbond substituents is 2. The van der Waals surface area contributed by atoms with E-state index in [-0.39, 0.29) is 52.0 Å². The van der Waals surface area contributed by atoms with Crippen LogP contribution in [0.2, 0.25) is 0 Å². The number of phenols is 2. The highest BCUT2D eigenvalue weighted by Crippen LogP contribution is 2.54. The standard InChI is InChI=1S/C29H31NO11/c1-28(38)7-6-10-11(18(28)26(37)39-5)8-12-15(20(10)32)22(34)16-14(31)9-13-24(17(16)21(12)33)40-27-23(35)19(30(3)4)25(36)29(13,2)41-27/h8-9,18-19,23,25,27,31-32,35-36,38H,6-7H2,1-5H3/t18-,19+,23-,25+,27-,28-,29-/m1/s1. The molecule has 1 fully saturated rings. The Morgan fingerprint density at radius 1 is 1.07 bits per heavy atom. The van der Waals surface area contributed by atoms with Gasteiger partial charge in [0.1, 0.15) is 41.0 Å². The molecule has 12 heteroatoms. The van der Waals surface area contributed by atoms with E-state index in [9.17, 15) is 39.9 Å². The summed E-state index contributed by atoms with van der Waals surface area (Å²) in [6, 6.07) is 1.66. The van der Waals surface area contributed by atoms with Crippen LogP contribution in [0.3, 0.4) is 0 Å². The normalized spacial score (nSPS) is 33.3. The van der Waals surface area contributed by atoms with Crippen molar-refractivity contribution in [1.82, 2.24) is 4.90 Å². The number of esters is 1. The zero-order chi connectivity index (χ0) is 29.9. The summed E-state index contributed by atoms with van der Waals surface area (Å²) in [6.45, 7) is 2.99. The molecule has 2 aliphatic carbocycles. The molecule has 0 unspecified atom stereocenters. The topological polar surface area (TPSA) is 183 Å². The number of benzene rings is 2. The van der Waals surface area contributed by atoms with Gasteiger partial charge >= 0.3 is 5.97 Å². The number of carbonyl (C=O) groups excluding carboxylic acids is 3. The number of methoxy groups -OCH3 is 1. The molecule has 2 heterocycles. The van der Waals surface area contributed by atoms with Crippen LogP contribution < -0.4 is 4.74 Å². The molecule has 0 saturated carbocycles. The molecule has 12 nitrogen and oxygen atoms in total. The first kappa shape index (κ1) is 27.6. The number of carbonyl (C=O) groups is 3. The van der Waals surface area contributed by atoms with E-state index >= 15 is 0 Å². The van der Waals surface area contributed by atoms with Gasteiger partial charge in [-0.25, -0.2) is 0 Å². The summed E-state index contributed by atoms with van der Waals surface area (Å²) in [5.41, 5.74) is -3.95. The van der Waals surface area contributed by atoms with Crippen LogP contribution in [0.4, 0.5) is 0 Å². The summed E-state index contributed by atoms with van der Waals surface area (Å²) in [5, 5.41) is 55.7. The summed E-state index contributed by atoms with van der Waals surface area (Å²) in [6.07, 6.45) is -3.80. The predicted molar refractivity (Wildman–Crippen MR) is 139 cm³/mol. The minimum atomic E-state index is -1.56. The van der Waals surface area contributed by atoms with Crippen LogP contribution in [0.15, 0.2) is 12.1 Å². The monoisotopic (exact) mass is 569 g/mol. The summed E-state index contributed by atoms with van der Waals surface area (Å²) in [4.78, 5) is 42.4. The van der Waals surface area contributed by atoms with Crippen molar-refractivity contribution in [2.45, 2.75) is 68.3 Å². The lowest BCUT2D eigenvalue weighted by Crippen LogP contribution is -2.68. The van der Waals surface area contributed by atoms with E-state index in [1.807, 2.05) is 0 Å². The molecule has 2 aliphatic heterocycles. The Kier molecular flexibility index (Phi) is 5.88. The molecule has 2 aromatic carbocycles. The molecule has 6 rings (SSSR count). The number of aliphatic hydroxyl groups is 3. The van der Waals surface area contributed by atoms with E-state index in [4.69, 9.17) is 14.2 Å². The first-order valence-electron chi connectivity index (χ1n) is 13.2. The molecule has 7 atom stereocenters. The van der Waals surface area contributed by atoms with Crippen LogP contribution in [-0.2, 0) is 26.3 Å². The second kappa shape index (κ2) is 8.73. The summed E-state index contributed by atoms with van der Waals surface area (Å²) in [7, 11) is 4.49. The Morgan fingerprint density at radius 2 is 1.76 bits per heavy atom. The third-order valence-corrected chi connectivity index (χ3v) is 9.12. The number of nitrogens with zero attached hydrogens (tertiary/aromatic N) is 1. The summed E-state index contributed by atoms with van der Waals surface area (Å²) >= 11 is 0. The number of hydrogen-bond acceptors (Lipinski definition) is 12. The maximum atomic E-state index is 14.2. The van der Waals surface area contributed by atoms with Gasteiger partial charge in [-0.2, -0.15) is 0 Å². The SMILES string of the molecule is COC(=O)[C@H]1c2cc3c(c(O)c2CC[C@@]1(C)O)C(=O)c1c(O)cc2c(c1C3=O)O[C@@H]1O[C@@]2(C)[C@@H](O)[C@@H](N(C)C)[C@H]1O. The minimum Gasteiger partial charge on any atom is -0.507 e. The molecule has 0 amide bonds. The second-order valence-corrected chi connectivity index (χ2v) is 11.8. The van der Waals surface area contributed by atoms with Gasteiger partial charge in [0.25, 0.3) is 0 Å². The van der Waals surface area contributed by atoms with Crippen molar-refractivity contribution in [3.05, 3.63) is 51.1 Å². The van der Waals surface area contributed by atoms with Gasteiger partial charge < -0.3 is 44.6 Å². The van der Waals surface area contributed by atoms with Gasteiger partial charge in [0, 0.05) is 11.1 Å². The Hall–Kier alpha value is -3.55. The third kappa shape index (κ3) is 3.48. The molecule has 1 saturated heterocycles. The Morgan fingerprint density at radius 3 is 2.39 bits per heavy atom. The quantitative estimate of drug-likeness (QED) is 0.269. The fraction of sp³-hybridized carbons (Fsp3) is 0.483. The summed E-state index contributed by atoms with van der Waals surface area (Å²) < 4.78 is 16.8. The number of fused-ring (bicyclic) bond motifs is 8. The first-order chi connectivity index (χ1) is 19.2. The lowest BCUT2D eigenvalue weighted by Gasteiger charge is -2.53. The van der Waals surface area contributed by atoms with Crippen LogP contribution in [0, 0.1) is 0 Å².